The van der Waals surface area contributed by atoms with Crippen molar-refractivity contribution in [1.29, 1.82) is 0 Å². The van der Waals surface area contributed by atoms with Gasteiger partial charge in [0.15, 0.2) is 11.5 Å². The van der Waals surface area contributed by atoms with E-state index in [1.54, 1.807) is 14.2 Å². The van der Waals surface area contributed by atoms with Crippen LogP contribution in [-0.2, 0) is 0 Å². The number of methoxy groups -OCH3 is 2. The van der Waals surface area contributed by atoms with E-state index in [9.17, 15) is 0 Å². The summed E-state index contributed by atoms with van der Waals surface area (Å²) in [5.41, 5.74) is 5.98. The van der Waals surface area contributed by atoms with E-state index in [1.165, 1.54) is 11.1 Å². The van der Waals surface area contributed by atoms with E-state index in [-0.39, 0.29) is 6.04 Å². The maximum absolute atomic E-state index is 6.07. The Balaban J connectivity index is 1.79. The molecule has 25 heavy (non-hydrogen) atoms. The van der Waals surface area contributed by atoms with Crippen LogP contribution in [0, 0.1) is 19.8 Å². The topological polar surface area (TPSA) is 51.8 Å². The van der Waals surface area contributed by atoms with Gasteiger partial charge in [-0.15, -0.1) is 0 Å². The number of fused-ring (bicyclic) bond motifs is 4. The smallest absolute Gasteiger partial charge is 0.203 e. The Labute approximate surface area is 148 Å². The molecule has 0 unspecified atom stereocenters. The molecule has 0 amide bonds. The number of benzene rings is 2. The first kappa shape index (κ1) is 15.9. The quantitative estimate of drug-likeness (QED) is 0.868. The monoisotopic (exact) mass is 340 g/mol. The van der Waals surface area contributed by atoms with E-state index in [4.69, 9.17) is 14.2 Å². The van der Waals surface area contributed by atoms with Gasteiger partial charge in [-0.25, -0.2) is 0 Å². The number of hydrogen-bond acceptors (Lipinski definition) is 5. The molecule has 2 aliphatic rings. The predicted molar refractivity (Wildman–Crippen MR) is 99.3 cm³/mol. The Bertz CT molecular complexity index is 819. The number of nitrogens with one attached hydrogen (secondary N) is 2. The molecule has 0 bridgehead atoms. The van der Waals surface area contributed by atoms with E-state index in [1.807, 2.05) is 6.07 Å². The van der Waals surface area contributed by atoms with Crippen LogP contribution in [-0.4, -0.2) is 27.4 Å². The number of hydrogen-bond donors (Lipinski definition) is 2. The van der Waals surface area contributed by atoms with Crippen LogP contribution in [0.25, 0.3) is 0 Å². The Kier molecular flexibility index (Phi) is 3.86. The zero-order valence-corrected chi connectivity index (χ0v) is 15.1. The molecule has 5 heteroatoms. The highest BCUT2D eigenvalue weighted by atomic mass is 16.5. The van der Waals surface area contributed by atoms with Crippen LogP contribution in [0.1, 0.15) is 22.7 Å². The Hall–Kier alpha value is -2.56. The molecular formula is C20H24N2O3. The van der Waals surface area contributed by atoms with Crippen molar-refractivity contribution in [1.82, 2.24) is 0 Å². The summed E-state index contributed by atoms with van der Waals surface area (Å²) in [5.74, 6) is 2.47. The molecule has 0 saturated carbocycles. The molecule has 4 rings (SSSR count). The minimum Gasteiger partial charge on any atom is -0.493 e. The van der Waals surface area contributed by atoms with Crippen molar-refractivity contribution in [2.24, 2.45) is 5.92 Å². The Morgan fingerprint density at radius 1 is 1.04 bits per heavy atom. The first-order valence-corrected chi connectivity index (χ1v) is 8.61. The predicted octanol–water partition coefficient (Wildman–Crippen LogP) is 3.91. The molecule has 5 nitrogen and oxygen atoms in total. The van der Waals surface area contributed by atoms with E-state index >= 15 is 0 Å². The second-order valence-corrected chi connectivity index (χ2v) is 6.78. The number of aryl methyl sites for hydroxylation is 2. The van der Waals surface area contributed by atoms with Crippen molar-refractivity contribution < 1.29 is 14.2 Å². The van der Waals surface area contributed by atoms with Crippen molar-refractivity contribution in [3.63, 3.8) is 0 Å². The van der Waals surface area contributed by atoms with Gasteiger partial charge in [0.25, 0.3) is 0 Å². The second-order valence-electron chi connectivity index (χ2n) is 6.78. The Morgan fingerprint density at radius 3 is 2.52 bits per heavy atom. The molecule has 2 aromatic rings. The van der Waals surface area contributed by atoms with Crippen LogP contribution in [0.2, 0.25) is 0 Å². The third kappa shape index (κ3) is 2.54. The SMILES string of the molecule is COc1ccc2c(c1OC)OC[C@H]1CNc3cc(C)c(C)cc3N[C@@H]21. The zero-order chi connectivity index (χ0) is 17.6. The third-order valence-corrected chi connectivity index (χ3v) is 5.28. The summed E-state index contributed by atoms with van der Waals surface area (Å²) in [4.78, 5) is 0. The Morgan fingerprint density at radius 2 is 1.80 bits per heavy atom. The maximum Gasteiger partial charge on any atom is 0.203 e. The molecular weight excluding hydrogens is 316 g/mol. The largest absolute Gasteiger partial charge is 0.493 e. The second kappa shape index (κ2) is 6.06. The van der Waals surface area contributed by atoms with E-state index in [0.717, 1.165) is 29.2 Å². The van der Waals surface area contributed by atoms with E-state index in [0.29, 0.717) is 24.0 Å². The van der Waals surface area contributed by atoms with Crippen molar-refractivity contribution in [3.05, 3.63) is 41.0 Å². The van der Waals surface area contributed by atoms with Gasteiger partial charge in [0, 0.05) is 18.0 Å². The van der Waals surface area contributed by atoms with Gasteiger partial charge in [-0.1, -0.05) is 0 Å². The first-order chi connectivity index (χ1) is 12.1. The van der Waals surface area contributed by atoms with Gasteiger partial charge in [-0.3, -0.25) is 0 Å². The van der Waals surface area contributed by atoms with Crippen molar-refractivity contribution in [2.75, 3.05) is 38.0 Å². The number of rotatable bonds is 2. The lowest BCUT2D eigenvalue weighted by Gasteiger charge is -2.34. The molecule has 0 aliphatic carbocycles. The molecule has 2 heterocycles. The van der Waals surface area contributed by atoms with E-state index < -0.39 is 0 Å². The highest BCUT2D eigenvalue weighted by molar-refractivity contribution is 5.73. The summed E-state index contributed by atoms with van der Waals surface area (Å²) in [6.07, 6.45) is 0. The number of ether oxygens (including phenoxy) is 3. The fourth-order valence-electron chi connectivity index (χ4n) is 3.71. The minimum atomic E-state index is 0.166. The fraction of sp³-hybridized carbons (Fsp3) is 0.400. The highest BCUT2D eigenvalue weighted by Crippen LogP contribution is 2.48. The summed E-state index contributed by atoms with van der Waals surface area (Å²) < 4.78 is 17.0. The van der Waals surface area contributed by atoms with Crippen LogP contribution >= 0.6 is 0 Å². The van der Waals surface area contributed by atoms with Crippen molar-refractivity contribution in [2.45, 2.75) is 19.9 Å². The van der Waals surface area contributed by atoms with Gasteiger partial charge in [-0.2, -0.15) is 0 Å². The van der Waals surface area contributed by atoms with Crippen LogP contribution in [0.15, 0.2) is 24.3 Å². The summed E-state index contributed by atoms with van der Waals surface area (Å²) >= 11 is 0. The molecule has 2 aromatic carbocycles. The van der Waals surface area contributed by atoms with Gasteiger partial charge in [0.1, 0.15) is 0 Å². The van der Waals surface area contributed by atoms with Crippen molar-refractivity contribution in [3.8, 4) is 17.2 Å². The van der Waals surface area contributed by atoms with Crippen LogP contribution in [0.3, 0.4) is 0 Å². The van der Waals surface area contributed by atoms with Crippen LogP contribution in [0.4, 0.5) is 11.4 Å². The molecule has 2 aliphatic heterocycles. The lowest BCUT2D eigenvalue weighted by atomic mass is 9.90. The molecule has 0 saturated heterocycles. The van der Waals surface area contributed by atoms with Crippen LogP contribution in [0.5, 0.6) is 17.2 Å². The van der Waals surface area contributed by atoms with Gasteiger partial charge in [0.2, 0.25) is 5.75 Å². The summed E-state index contributed by atoms with van der Waals surface area (Å²) in [6.45, 7) is 5.78. The van der Waals surface area contributed by atoms with Gasteiger partial charge >= 0.3 is 0 Å². The highest BCUT2D eigenvalue weighted by Gasteiger charge is 2.36. The zero-order valence-electron chi connectivity index (χ0n) is 15.1. The van der Waals surface area contributed by atoms with Crippen LogP contribution < -0.4 is 24.8 Å². The average molecular weight is 340 g/mol. The first-order valence-electron chi connectivity index (χ1n) is 8.61. The molecule has 0 spiro atoms. The molecule has 0 fully saturated rings. The molecule has 2 atom stereocenters. The minimum absolute atomic E-state index is 0.166. The lowest BCUT2D eigenvalue weighted by molar-refractivity contribution is 0.199. The number of anilines is 2. The molecule has 132 valence electrons. The van der Waals surface area contributed by atoms with Crippen molar-refractivity contribution >= 4 is 11.4 Å². The summed E-state index contributed by atoms with van der Waals surface area (Å²) in [7, 11) is 3.29. The lowest BCUT2D eigenvalue weighted by Crippen LogP contribution is -2.33. The molecule has 0 radical (unpaired) electrons. The molecule has 2 N–H and O–H groups in total. The third-order valence-electron chi connectivity index (χ3n) is 5.28. The molecule has 0 aromatic heterocycles. The fourth-order valence-corrected chi connectivity index (χ4v) is 3.71. The maximum atomic E-state index is 6.07. The standard InChI is InChI=1S/C20H24N2O3/c1-11-7-15-16(8-12(11)2)22-18-13(9-21-15)10-25-19-14(18)5-6-17(23-3)20(19)24-4/h5-8,13,18,21-22H,9-10H2,1-4H3/t13-,18-/m1/s1. The summed E-state index contributed by atoms with van der Waals surface area (Å²) in [5, 5.41) is 7.31. The van der Waals surface area contributed by atoms with E-state index in [2.05, 4.69) is 42.7 Å². The summed E-state index contributed by atoms with van der Waals surface area (Å²) in [6, 6.07) is 8.62. The normalized spacial score (nSPS) is 20.6. The van der Waals surface area contributed by atoms with Gasteiger partial charge in [-0.05, 0) is 49.2 Å². The average Bonchev–Trinajstić information content (AvgIpc) is 2.80. The van der Waals surface area contributed by atoms with Gasteiger partial charge in [0.05, 0.1) is 38.2 Å². The van der Waals surface area contributed by atoms with Gasteiger partial charge < -0.3 is 24.8 Å².